The van der Waals surface area contributed by atoms with Crippen LogP contribution in [0, 0.1) is 0 Å². The maximum absolute atomic E-state index is 9.05. The zero-order valence-corrected chi connectivity index (χ0v) is 14.4. The number of pyridine rings is 2. The summed E-state index contributed by atoms with van der Waals surface area (Å²) in [6.45, 7) is 1.17. The first-order valence-corrected chi connectivity index (χ1v) is 8.66. The van der Waals surface area contributed by atoms with E-state index < -0.39 is 0 Å². The van der Waals surface area contributed by atoms with Gasteiger partial charge < -0.3 is 14.9 Å². The van der Waals surface area contributed by atoms with E-state index in [1.807, 2.05) is 40.0 Å². The molecule has 0 radical (unpaired) electrons. The summed E-state index contributed by atoms with van der Waals surface area (Å²) in [7, 11) is 0. The molecule has 27 heavy (non-hydrogen) atoms. The topological polar surface area (TPSA) is 95.5 Å². The van der Waals surface area contributed by atoms with Gasteiger partial charge in [0.15, 0.2) is 5.82 Å². The highest BCUT2D eigenvalue weighted by Crippen LogP contribution is 2.31. The SMILES string of the molecule is OCCn1cc(-c2ccc3c(n2)N(Cc2ccc4nccn4c2)NN3)cn1. The molecule has 9 heteroatoms. The van der Waals surface area contributed by atoms with Crippen molar-refractivity contribution in [1.29, 1.82) is 0 Å². The molecule has 5 rings (SSSR count). The van der Waals surface area contributed by atoms with Crippen LogP contribution in [0.1, 0.15) is 5.56 Å². The quantitative estimate of drug-likeness (QED) is 0.494. The van der Waals surface area contributed by atoms with Crippen LogP contribution in [0.25, 0.3) is 16.9 Å². The third kappa shape index (κ3) is 2.88. The fraction of sp³-hybridized carbons (Fsp3) is 0.167. The smallest absolute Gasteiger partial charge is 0.170 e. The largest absolute Gasteiger partial charge is 0.394 e. The molecule has 0 saturated heterocycles. The molecule has 0 aromatic carbocycles. The third-order valence-electron chi connectivity index (χ3n) is 4.51. The van der Waals surface area contributed by atoms with Crippen LogP contribution in [-0.2, 0) is 13.1 Å². The van der Waals surface area contributed by atoms with Gasteiger partial charge in [-0.2, -0.15) is 5.10 Å². The van der Waals surface area contributed by atoms with Crippen LogP contribution < -0.4 is 16.0 Å². The molecule has 5 heterocycles. The number of hydrazine groups is 2. The maximum atomic E-state index is 9.05. The monoisotopic (exact) mass is 362 g/mol. The average Bonchev–Trinajstić information content (AvgIpc) is 3.41. The Hall–Kier alpha value is -3.43. The van der Waals surface area contributed by atoms with E-state index in [2.05, 4.69) is 33.3 Å². The normalized spacial score (nSPS) is 13.1. The van der Waals surface area contributed by atoms with Crippen LogP contribution >= 0.6 is 0 Å². The Kier molecular flexibility index (Phi) is 3.73. The molecule has 0 bridgehead atoms. The van der Waals surface area contributed by atoms with Crippen LogP contribution in [0.3, 0.4) is 0 Å². The molecule has 4 aromatic rings. The molecule has 0 atom stereocenters. The highest BCUT2D eigenvalue weighted by Gasteiger charge is 2.21. The Morgan fingerprint density at radius 2 is 2.07 bits per heavy atom. The maximum Gasteiger partial charge on any atom is 0.170 e. The molecule has 0 aliphatic carbocycles. The van der Waals surface area contributed by atoms with Crippen molar-refractivity contribution >= 4 is 17.2 Å². The molecule has 0 amide bonds. The van der Waals surface area contributed by atoms with Gasteiger partial charge in [0, 0.05) is 30.4 Å². The summed E-state index contributed by atoms with van der Waals surface area (Å²) in [5, 5.41) is 15.3. The van der Waals surface area contributed by atoms with Gasteiger partial charge in [0.2, 0.25) is 0 Å². The lowest BCUT2D eigenvalue weighted by atomic mass is 10.2. The summed E-state index contributed by atoms with van der Waals surface area (Å²) in [5.74, 6) is 0.827. The third-order valence-corrected chi connectivity index (χ3v) is 4.51. The molecule has 1 aliphatic heterocycles. The molecule has 4 aromatic heterocycles. The Balaban J connectivity index is 1.42. The van der Waals surface area contributed by atoms with Gasteiger partial charge in [-0.3, -0.25) is 9.69 Å². The average molecular weight is 362 g/mol. The number of nitrogens with zero attached hydrogens (tertiary/aromatic N) is 6. The number of hydrogen-bond acceptors (Lipinski definition) is 7. The van der Waals surface area contributed by atoms with Crippen LogP contribution in [0.4, 0.5) is 11.5 Å². The predicted octanol–water partition coefficient (Wildman–Crippen LogP) is 1.44. The highest BCUT2D eigenvalue weighted by atomic mass is 16.3. The molecular weight excluding hydrogens is 344 g/mol. The van der Waals surface area contributed by atoms with Gasteiger partial charge in [0.05, 0.1) is 37.3 Å². The van der Waals surface area contributed by atoms with E-state index in [4.69, 9.17) is 10.1 Å². The van der Waals surface area contributed by atoms with E-state index in [1.54, 1.807) is 17.1 Å². The zero-order valence-electron chi connectivity index (χ0n) is 14.4. The van der Waals surface area contributed by atoms with E-state index in [1.165, 1.54) is 0 Å². The van der Waals surface area contributed by atoms with E-state index in [9.17, 15) is 0 Å². The standard InChI is InChI=1S/C18H18N8O/c27-8-7-25-12-14(9-20-25)15-2-3-16-18(21-15)26(23-22-16)11-13-1-4-17-19-5-6-24(17)10-13/h1-6,9-10,12,22-23,27H,7-8,11H2. The van der Waals surface area contributed by atoms with Crippen LogP contribution in [-0.4, -0.2) is 35.9 Å². The van der Waals surface area contributed by atoms with Crippen LogP contribution in [0.2, 0.25) is 0 Å². The number of aliphatic hydroxyl groups excluding tert-OH is 1. The van der Waals surface area contributed by atoms with Gasteiger partial charge in [0.25, 0.3) is 0 Å². The number of rotatable bonds is 5. The van der Waals surface area contributed by atoms with Gasteiger partial charge in [-0.1, -0.05) is 6.07 Å². The summed E-state index contributed by atoms with van der Waals surface area (Å²) in [6, 6.07) is 8.01. The van der Waals surface area contributed by atoms with Gasteiger partial charge >= 0.3 is 0 Å². The van der Waals surface area contributed by atoms with E-state index in [0.29, 0.717) is 13.1 Å². The summed E-state index contributed by atoms with van der Waals surface area (Å²) >= 11 is 0. The van der Waals surface area contributed by atoms with Crippen molar-refractivity contribution in [1.82, 2.24) is 29.7 Å². The van der Waals surface area contributed by atoms with Crippen LogP contribution in [0.15, 0.2) is 55.2 Å². The summed E-state index contributed by atoms with van der Waals surface area (Å²) < 4.78 is 3.71. The lowest BCUT2D eigenvalue weighted by Crippen LogP contribution is -2.35. The fourth-order valence-corrected chi connectivity index (χ4v) is 3.17. The second-order valence-corrected chi connectivity index (χ2v) is 6.34. The van der Waals surface area contributed by atoms with Gasteiger partial charge in [-0.25, -0.2) is 9.97 Å². The van der Waals surface area contributed by atoms with Crippen molar-refractivity contribution in [3.05, 3.63) is 60.8 Å². The van der Waals surface area contributed by atoms with Crippen molar-refractivity contribution in [2.75, 3.05) is 17.0 Å². The molecular formula is C18H18N8O. The molecule has 1 aliphatic rings. The molecule has 0 saturated carbocycles. The molecule has 0 fully saturated rings. The van der Waals surface area contributed by atoms with Crippen molar-refractivity contribution in [3.8, 4) is 11.3 Å². The minimum Gasteiger partial charge on any atom is -0.394 e. The minimum absolute atomic E-state index is 0.0572. The zero-order chi connectivity index (χ0) is 18.2. The Labute approximate surface area is 154 Å². The summed E-state index contributed by atoms with van der Waals surface area (Å²) in [6.07, 6.45) is 9.43. The molecule has 0 spiro atoms. The van der Waals surface area contributed by atoms with E-state index in [-0.39, 0.29) is 6.61 Å². The number of imidazole rings is 1. The van der Waals surface area contributed by atoms with Crippen molar-refractivity contribution in [3.63, 3.8) is 0 Å². The van der Waals surface area contributed by atoms with Crippen molar-refractivity contribution in [2.45, 2.75) is 13.1 Å². The molecule has 136 valence electrons. The number of hydrogen-bond donors (Lipinski definition) is 3. The number of fused-ring (bicyclic) bond motifs is 2. The fourth-order valence-electron chi connectivity index (χ4n) is 3.17. The molecule has 0 unspecified atom stereocenters. The van der Waals surface area contributed by atoms with Gasteiger partial charge in [0.1, 0.15) is 5.65 Å². The first kappa shape index (κ1) is 15.8. The summed E-state index contributed by atoms with van der Waals surface area (Å²) in [4.78, 5) is 9.07. The first-order valence-electron chi connectivity index (χ1n) is 8.66. The lowest BCUT2D eigenvalue weighted by Gasteiger charge is -2.17. The van der Waals surface area contributed by atoms with E-state index >= 15 is 0 Å². The number of aromatic nitrogens is 5. The second-order valence-electron chi connectivity index (χ2n) is 6.34. The minimum atomic E-state index is 0.0572. The first-order chi connectivity index (χ1) is 13.3. The number of aliphatic hydroxyl groups is 1. The predicted molar refractivity (Wildman–Crippen MR) is 101 cm³/mol. The Bertz CT molecular complexity index is 1100. The molecule has 9 nitrogen and oxygen atoms in total. The Morgan fingerprint density at radius 3 is 3.00 bits per heavy atom. The summed E-state index contributed by atoms with van der Waals surface area (Å²) in [5.41, 5.74) is 11.0. The highest BCUT2D eigenvalue weighted by molar-refractivity contribution is 5.73. The van der Waals surface area contributed by atoms with Crippen molar-refractivity contribution < 1.29 is 5.11 Å². The van der Waals surface area contributed by atoms with Crippen molar-refractivity contribution in [2.24, 2.45) is 0 Å². The van der Waals surface area contributed by atoms with Gasteiger partial charge in [-0.15, -0.1) is 5.53 Å². The van der Waals surface area contributed by atoms with E-state index in [0.717, 1.165) is 34.0 Å². The Morgan fingerprint density at radius 1 is 1.11 bits per heavy atom. The van der Waals surface area contributed by atoms with Crippen LogP contribution in [0.5, 0.6) is 0 Å². The second kappa shape index (κ2) is 6.38. The molecule has 3 N–H and O–H groups in total. The number of nitrogens with one attached hydrogen (secondary N) is 2. The lowest BCUT2D eigenvalue weighted by molar-refractivity contribution is 0.269. The number of anilines is 2. The van der Waals surface area contributed by atoms with Gasteiger partial charge in [-0.05, 0) is 23.8 Å².